The summed E-state index contributed by atoms with van der Waals surface area (Å²) in [6, 6.07) is 9.25. The molecule has 1 aromatic carbocycles. The molecule has 0 heterocycles. The summed E-state index contributed by atoms with van der Waals surface area (Å²) in [5, 5.41) is 9.41. The third kappa shape index (κ3) is 2.80. The maximum atomic E-state index is 12.3. The summed E-state index contributed by atoms with van der Waals surface area (Å²) >= 11 is 5.99. The SMILES string of the molecule is CCOC[C@]1(C#N)[C@@H](c2cccc(Cl)c2)[C@@H]1S(=O)(=O)CC. The Morgan fingerprint density at radius 3 is 2.67 bits per heavy atom. The van der Waals surface area contributed by atoms with Crippen LogP contribution < -0.4 is 0 Å². The zero-order valence-electron chi connectivity index (χ0n) is 12.0. The third-order valence-electron chi connectivity index (χ3n) is 4.01. The zero-order chi connectivity index (χ0) is 15.7. The lowest BCUT2D eigenvalue weighted by Gasteiger charge is -2.09. The maximum Gasteiger partial charge on any atom is 0.155 e. The molecular formula is C15H18ClNO3S. The van der Waals surface area contributed by atoms with Crippen LogP contribution in [-0.2, 0) is 14.6 Å². The number of ether oxygens (including phenoxy) is 1. The lowest BCUT2D eigenvalue weighted by molar-refractivity contribution is 0.117. The number of rotatable bonds is 6. The zero-order valence-corrected chi connectivity index (χ0v) is 13.6. The minimum Gasteiger partial charge on any atom is -0.380 e. The maximum absolute atomic E-state index is 12.3. The van der Waals surface area contributed by atoms with Crippen LogP contribution in [0.5, 0.6) is 0 Å². The summed E-state index contributed by atoms with van der Waals surface area (Å²) in [4.78, 5) is 0. The van der Waals surface area contributed by atoms with Crippen molar-refractivity contribution in [2.24, 2.45) is 5.41 Å². The number of benzene rings is 1. The van der Waals surface area contributed by atoms with Crippen LogP contribution in [0.1, 0.15) is 25.3 Å². The molecule has 6 heteroatoms. The van der Waals surface area contributed by atoms with Crippen molar-refractivity contribution in [1.82, 2.24) is 0 Å². The van der Waals surface area contributed by atoms with Crippen LogP contribution in [0.25, 0.3) is 0 Å². The van der Waals surface area contributed by atoms with Crippen molar-refractivity contribution >= 4 is 21.4 Å². The van der Waals surface area contributed by atoms with Gasteiger partial charge in [0.15, 0.2) is 9.84 Å². The number of nitriles is 1. The van der Waals surface area contributed by atoms with Gasteiger partial charge in [0.25, 0.3) is 0 Å². The van der Waals surface area contributed by atoms with Crippen LogP contribution >= 0.6 is 11.6 Å². The lowest BCUT2D eigenvalue weighted by atomic mass is 10.0. The molecule has 1 aliphatic carbocycles. The highest BCUT2D eigenvalue weighted by atomic mass is 35.5. The first-order chi connectivity index (χ1) is 9.93. The Balaban J connectivity index is 2.44. The molecule has 0 radical (unpaired) electrons. The van der Waals surface area contributed by atoms with Gasteiger partial charge in [-0.2, -0.15) is 5.26 Å². The number of hydrogen-bond acceptors (Lipinski definition) is 4. The second-order valence-corrected chi connectivity index (χ2v) is 8.04. The van der Waals surface area contributed by atoms with Gasteiger partial charge in [0.2, 0.25) is 0 Å². The molecule has 0 aliphatic heterocycles. The fourth-order valence-corrected chi connectivity index (χ4v) is 5.09. The highest BCUT2D eigenvalue weighted by Gasteiger charge is 2.71. The summed E-state index contributed by atoms with van der Waals surface area (Å²) < 4.78 is 30.0. The van der Waals surface area contributed by atoms with Gasteiger partial charge in [-0.05, 0) is 24.6 Å². The van der Waals surface area contributed by atoms with Gasteiger partial charge < -0.3 is 4.74 Å². The molecule has 1 aromatic rings. The van der Waals surface area contributed by atoms with Crippen molar-refractivity contribution in [3.63, 3.8) is 0 Å². The summed E-state index contributed by atoms with van der Waals surface area (Å²) in [5.74, 6) is -0.359. The first-order valence-corrected chi connectivity index (χ1v) is 8.98. The molecule has 0 spiro atoms. The van der Waals surface area contributed by atoms with Crippen LogP contribution in [0, 0.1) is 16.7 Å². The van der Waals surface area contributed by atoms with Crippen molar-refractivity contribution < 1.29 is 13.2 Å². The molecule has 2 rings (SSSR count). The van der Waals surface area contributed by atoms with Crippen molar-refractivity contribution in [3.05, 3.63) is 34.9 Å². The van der Waals surface area contributed by atoms with Gasteiger partial charge in [-0.1, -0.05) is 30.7 Å². The third-order valence-corrected chi connectivity index (χ3v) is 6.51. The molecule has 1 saturated carbocycles. The van der Waals surface area contributed by atoms with E-state index in [1.54, 1.807) is 25.1 Å². The largest absolute Gasteiger partial charge is 0.380 e. The molecule has 3 atom stereocenters. The minimum absolute atomic E-state index is 0.0181. The predicted octanol–water partition coefficient (Wildman–Crippen LogP) is 2.79. The lowest BCUT2D eigenvalue weighted by Crippen LogP contribution is -2.20. The molecule has 0 amide bonds. The second-order valence-electron chi connectivity index (χ2n) is 5.19. The molecule has 21 heavy (non-hydrogen) atoms. The Hall–Kier alpha value is -1.09. The Labute approximate surface area is 130 Å². The van der Waals surface area contributed by atoms with Gasteiger partial charge in [-0.15, -0.1) is 0 Å². The first kappa shape index (κ1) is 16.3. The highest BCUT2D eigenvalue weighted by Crippen LogP contribution is 2.63. The average molecular weight is 328 g/mol. The molecule has 0 bridgehead atoms. The molecule has 0 saturated heterocycles. The van der Waals surface area contributed by atoms with Gasteiger partial charge in [0.05, 0.1) is 17.9 Å². The van der Waals surface area contributed by atoms with Crippen molar-refractivity contribution in [2.45, 2.75) is 25.0 Å². The minimum atomic E-state index is -3.33. The molecule has 114 valence electrons. The monoisotopic (exact) mass is 327 g/mol. The van der Waals surface area contributed by atoms with Crippen LogP contribution in [0.2, 0.25) is 5.02 Å². The summed E-state index contributed by atoms with van der Waals surface area (Å²) in [6.45, 7) is 4.00. The Kier molecular flexibility index (Phi) is 4.62. The van der Waals surface area contributed by atoms with E-state index in [1.165, 1.54) is 0 Å². The molecule has 4 nitrogen and oxygen atoms in total. The molecule has 0 aromatic heterocycles. The Morgan fingerprint density at radius 2 is 2.14 bits per heavy atom. The van der Waals surface area contributed by atoms with Crippen LogP contribution in [0.4, 0.5) is 0 Å². The van der Waals surface area contributed by atoms with Gasteiger partial charge in [-0.25, -0.2) is 8.42 Å². The Morgan fingerprint density at radius 1 is 1.43 bits per heavy atom. The van der Waals surface area contributed by atoms with E-state index >= 15 is 0 Å². The van der Waals surface area contributed by atoms with E-state index in [0.29, 0.717) is 11.6 Å². The van der Waals surface area contributed by atoms with Crippen molar-refractivity contribution in [2.75, 3.05) is 19.0 Å². The summed E-state index contributed by atoms with van der Waals surface area (Å²) in [7, 11) is -3.33. The van der Waals surface area contributed by atoms with E-state index < -0.39 is 20.5 Å². The van der Waals surface area contributed by atoms with Crippen LogP contribution in [-0.4, -0.2) is 32.6 Å². The van der Waals surface area contributed by atoms with Crippen LogP contribution in [0.15, 0.2) is 24.3 Å². The predicted molar refractivity (Wildman–Crippen MR) is 82.0 cm³/mol. The van der Waals surface area contributed by atoms with Gasteiger partial charge in [-0.3, -0.25) is 0 Å². The summed E-state index contributed by atoms with van der Waals surface area (Å²) in [6.07, 6.45) is 0. The van der Waals surface area contributed by atoms with E-state index in [0.717, 1.165) is 5.56 Å². The fraction of sp³-hybridized carbons (Fsp3) is 0.533. The fourth-order valence-electron chi connectivity index (χ4n) is 2.89. The van der Waals surface area contributed by atoms with Gasteiger partial charge >= 0.3 is 0 Å². The smallest absolute Gasteiger partial charge is 0.155 e. The first-order valence-electron chi connectivity index (χ1n) is 6.89. The van der Waals surface area contributed by atoms with Crippen LogP contribution in [0.3, 0.4) is 0 Å². The molecule has 0 N–H and O–H groups in total. The molecular weight excluding hydrogens is 310 g/mol. The van der Waals surface area contributed by atoms with E-state index in [4.69, 9.17) is 16.3 Å². The number of nitrogens with zero attached hydrogens (tertiary/aromatic N) is 1. The van der Waals surface area contributed by atoms with E-state index in [-0.39, 0.29) is 18.3 Å². The van der Waals surface area contributed by atoms with Crippen molar-refractivity contribution in [3.8, 4) is 6.07 Å². The van der Waals surface area contributed by atoms with E-state index in [2.05, 4.69) is 6.07 Å². The number of sulfone groups is 1. The Bertz CT molecular complexity index is 668. The summed E-state index contributed by atoms with van der Waals surface area (Å²) in [5.41, 5.74) is -0.221. The second kappa shape index (κ2) is 5.96. The normalized spacial score (nSPS) is 28.1. The average Bonchev–Trinajstić information content (AvgIpc) is 3.15. The standard InChI is InChI=1S/C15H18ClNO3S/c1-3-20-10-15(9-17)13(14(15)21(18,19)4-2)11-6-5-7-12(16)8-11/h5-8,13-14H,3-4,10H2,1-2H3/t13-,14-,15+/m0/s1. The van der Waals surface area contributed by atoms with Gasteiger partial charge in [0, 0.05) is 23.3 Å². The highest BCUT2D eigenvalue weighted by molar-refractivity contribution is 7.92. The molecule has 1 aliphatic rings. The van der Waals surface area contributed by atoms with E-state index in [1.807, 2.05) is 13.0 Å². The van der Waals surface area contributed by atoms with E-state index in [9.17, 15) is 13.7 Å². The topological polar surface area (TPSA) is 67.2 Å². The number of hydrogen-bond donors (Lipinski definition) is 0. The molecule has 0 unspecified atom stereocenters. The van der Waals surface area contributed by atoms with Gasteiger partial charge in [0.1, 0.15) is 5.41 Å². The number of halogens is 1. The molecule has 1 fully saturated rings. The van der Waals surface area contributed by atoms with Crippen molar-refractivity contribution in [1.29, 1.82) is 5.26 Å². The quantitative estimate of drug-likeness (QED) is 0.805.